The van der Waals surface area contributed by atoms with Crippen LogP contribution in [0.25, 0.3) is 0 Å². The van der Waals surface area contributed by atoms with E-state index in [4.69, 9.17) is 5.73 Å². The Morgan fingerprint density at radius 1 is 1.33 bits per heavy atom. The molecular weight excluding hydrogens is 294 g/mol. The average Bonchev–Trinajstić information content (AvgIpc) is 2.37. The summed E-state index contributed by atoms with van der Waals surface area (Å²) >= 11 is 0. The molecule has 7 nitrogen and oxygen atoms in total. The minimum absolute atomic E-state index is 0.0171. The summed E-state index contributed by atoms with van der Waals surface area (Å²) in [5, 5.41) is 10.6. The van der Waals surface area contributed by atoms with Gasteiger partial charge in [-0.05, 0) is 31.4 Å². The van der Waals surface area contributed by atoms with Crippen LogP contribution >= 0.6 is 0 Å². The van der Waals surface area contributed by atoms with E-state index in [9.17, 15) is 18.5 Å². The van der Waals surface area contributed by atoms with Crippen molar-refractivity contribution in [3.8, 4) is 0 Å². The second-order valence-electron chi connectivity index (χ2n) is 5.72. The molecule has 8 heteroatoms. The molecular formula is C13H21N3O4S. The van der Waals surface area contributed by atoms with Gasteiger partial charge in [-0.3, -0.25) is 10.1 Å². The molecule has 0 saturated carbocycles. The Labute approximate surface area is 124 Å². The number of non-ortho nitro benzene ring substituents is 1. The molecule has 0 heterocycles. The normalized spacial score (nSPS) is 14.9. The van der Waals surface area contributed by atoms with Crippen LogP contribution in [-0.4, -0.2) is 25.4 Å². The molecule has 0 saturated heterocycles. The van der Waals surface area contributed by atoms with Crippen molar-refractivity contribution in [1.29, 1.82) is 0 Å². The molecule has 0 unspecified atom stereocenters. The summed E-state index contributed by atoms with van der Waals surface area (Å²) in [6.45, 7) is 5.87. The smallest absolute Gasteiger partial charge is 0.269 e. The van der Waals surface area contributed by atoms with E-state index in [1.54, 1.807) is 6.92 Å². The van der Waals surface area contributed by atoms with E-state index in [2.05, 4.69) is 4.72 Å². The largest absolute Gasteiger partial charge is 0.329 e. The van der Waals surface area contributed by atoms with E-state index < -0.39 is 20.5 Å². The quantitative estimate of drug-likeness (QED) is 0.586. The molecule has 1 rings (SSSR count). The minimum Gasteiger partial charge on any atom is -0.329 e. The third kappa shape index (κ3) is 4.76. The maximum absolute atomic E-state index is 12.3. The SMILES string of the molecule is CC(C)C[C@@](C)(CN)NS(=O)(=O)c1ccc([N+](=O)[O-])cc1. The highest BCUT2D eigenvalue weighted by molar-refractivity contribution is 7.89. The number of nitrogens with one attached hydrogen (secondary N) is 1. The van der Waals surface area contributed by atoms with Crippen LogP contribution in [-0.2, 0) is 10.0 Å². The number of sulfonamides is 1. The molecule has 0 bridgehead atoms. The molecule has 0 aliphatic rings. The van der Waals surface area contributed by atoms with Gasteiger partial charge < -0.3 is 5.73 Å². The molecule has 118 valence electrons. The lowest BCUT2D eigenvalue weighted by Gasteiger charge is -2.30. The van der Waals surface area contributed by atoms with Crippen molar-refractivity contribution in [3.63, 3.8) is 0 Å². The number of nitro groups is 1. The molecule has 0 spiro atoms. The third-order valence-electron chi connectivity index (χ3n) is 3.05. The molecule has 3 N–H and O–H groups in total. The standard InChI is InChI=1S/C13H21N3O4S/c1-10(2)8-13(3,9-14)15-21(19,20)12-6-4-11(5-7-12)16(17)18/h4-7,10,15H,8-9,14H2,1-3H3/t13-/m0/s1. The van der Waals surface area contributed by atoms with Gasteiger partial charge in [0.25, 0.3) is 5.69 Å². The molecule has 0 fully saturated rings. The van der Waals surface area contributed by atoms with Crippen LogP contribution in [0.2, 0.25) is 0 Å². The predicted molar refractivity (Wildman–Crippen MR) is 80.3 cm³/mol. The number of nitrogens with two attached hydrogens (primary N) is 1. The Morgan fingerprint density at radius 3 is 2.24 bits per heavy atom. The van der Waals surface area contributed by atoms with Gasteiger partial charge in [-0.15, -0.1) is 0 Å². The van der Waals surface area contributed by atoms with Crippen LogP contribution in [0.3, 0.4) is 0 Å². The van der Waals surface area contributed by atoms with Crippen LogP contribution in [0.1, 0.15) is 27.2 Å². The molecule has 0 aromatic heterocycles. The first-order valence-corrected chi connectivity index (χ1v) is 8.06. The molecule has 0 radical (unpaired) electrons. The summed E-state index contributed by atoms with van der Waals surface area (Å²) in [4.78, 5) is 9.99. The first-order chi connectivity index (χ1) is 9.59. The second-order valence-corrected chi connectivity index (χ2v) is 7.40. The van der Waals surface area contributed by atoms with Gasteiger partial charge in [0.2, 0.25) is 10.0 Å². The summed E-state index contributed by atoms with van der Waals surface area (Å²) in [6.07, 6.45) is 0.593. The molecule has 21 heavy (non-hydrogen) atoms. The number of hydrogen-bond donors (Lipinski definition) is 2. The Balaban J connectivity index is 3.02. The lowest BCUT2D eigenvalue weighted by atomic mass is 9.92. The van der Waals surface area contributed by atoms with Crippen LogP contribution in [0, 0.1) is 16.0 Å². The van der Waals surface area contributed by atoms with Gasteiger partial charge in [0.1, 0.15) is 0 Å². The molecule has 1 atom stereocenters. The van der Waals surface area contributed by atoms with Gasteiger partial charge in [0, 0.05) is 24.2 Å². The van der Waals surface area contributed by atoms with Gasteiger partial charge in [0.15, 0.2) is 0 Å². The Bertz CT molecular complexity index is 598. The number of nitrogens with zero attached hydrogens (tertiary/aromatic N) is 1. The molecule has 0 aliphatic heterocycles. The molecule has 0 aliphatic carbocycles. The Morgan fingerprint density at radius 2 is 1.86 bits per heavy atom. The fourth-order valence-corrected chi connectivity index (χ4v) is 3.63. The van der Waals surface area contributed by atoms with E-state index in [-0.39, 0.29) is 23.0 Å². The molecule has 1 aromatic carbocycles. The average molecular weight is 315 g/mol. The Hall–Kier alpha value is -1.51. The zero-order valence-electron chi connectivity index (χ0n) is 12.4. The minimum atomic E-state index is -3.77. The van der Waals surface area contributed by atoms with E-state index in [0.29, 0.717) is 6.42 Å². The fraction of sp³-hybridized carbons (Fsp3) is 0.538. The van der Waals surface area contributed by atoms with E-state index in [0.717, 1.165) is 12.1 Å². The molecule has 0 amide bonds. The summed E-state index contributed by atoms with van der Waals surface area (Å²) in [6, 6.07) is 4.76. The van der Waals surface area contributed by atoms with Crippen molar-refractivity contribution in [2.24, 2.45) is 11.7 Å². The fourth-order valence-electron chi connectivity index (χ4n) is 2.20. The van der Waals surface area contributed by atoms with Crippen LogP contribution < -0.4 is 10.5 Å². The van der Waals surface area contributed by atoms with Crippen LogP contribution in [0.15, 0.2) is 29.2 Å². The lowest BCUT2D eigenvalue weighted by Crippen LogP contribution is -2.51. The van der Waals surface area contributed by atoms with Gasteiger partial charge in [-0.1, -0.05) is 13.8 Å². The van der Waals surface area contributed by atoms with Crippen molar-refractivity contribution in [3.05, 3.63) is 34.4 Å². The number of benzene rings is 1. The van der Waals surface area contributed by atoms with E-state index in [1.807, 2.05) is 13.8 Å². The topological polar surface area (TPSA) is 115 Å². The highest BCUT2D eigenvalue weighted by Crippen LogP contribution is 2.21. The van der Waals surface area contributed by atoms with Crippen LogP contribution in [0.5, 0.6) is 0 Å². The first-order valence-electron chi connectivity index (χ1n) is 6.58. The van der Waals surface area contributed by atoms with Crippen molar-refractivity contribution >= 4 is 15.7 Å². The van der Waals surface area contributed by atoms with Crippen LogP contribution in [0.4, 0.5) is 5.69 Å². The van der Waals surface area contributed by atoms with E-state index in [1.165, 1.54) is 12.1 Å². The number of nitro benzene ring substituents is 1. The zero-order valence-corrected chi connectivity index (χ0v) is 13.2. The number of rotatable bonds is 7. The predicted octanol–water partition coefficient (Wildman–Crippen LogP) is 1.64. The number of hydrogen-bond acceptors (Lipinski definition) is 5. The highest BCUT2D eigenvalue weighted by atomic mass is 32.2. The third-order valence-corrected chi connectivity index (χ3v) is 4.70. The van der Waals surface area contributed by atoms with Gasteiger partial charge in [-0.2, -0.15) is 0 Å². The Kier molecular flexibility index (Phi) is 5.43. The van der Waals surface area contributed by atoms with Crippen molar-refractivity contribution in [1.82, 2.24) is 4.72 Å². The van der Waals surface area contributed by atoms with Gasteiger partial charge >= 0.3 is 0 Å². The van der Waals surface area contributed by atoms with Gasteiger partial charge in [0.05, 0.1) is 9.82 Å². The summed E-state index contributed by atoms with van der Waals surface area (Å²) < 4.78 is 27.3. The van der Waals surface area contributed by atoms with Crippen molar-refractivity contribution < 1.29 is 13.3 Å². The summed E-state index contributed by atoms with van der Waals surface area (Å²) in [7, 11) is -3.77. The summed E-state index contributed by atoms with van der Waals surface area (Å²) in [5.74, 6) is 0.276. The van der Waals surface area contributed by atoms with Crippen molar-refractivity contribution in [2.75, 3.05) is 6.54 Å². The maximum Gasteiger partial charge on any atom is 0.269 e. The first kappa shape index (κ1) is 17.5. The van der Waals surface area contributed by atoms with Gasteiger partial charge in [-0.25, -0.2) is 13.1 Å². The monoisotopic (exact) mass is 315 g/mol. The highest BCUT2D eigenvalue weighted by Gasteiger charge is 2.30. The second kappa shape index (κ2) is 6.50. The maximum atomic E-state index is 12.3. The lowest BCUT2D eigenvalue weighted by molar-refractivity contribution is -0.384. The molecule has 1 aromatic rings. The summed E-state index contributed by atoms with van der Waals surface area (Å²) in [5.41, 5.74) is 4.78. The van der Waals surface area contributed by atoms with E-state index >= 15 is 0 Å². The zero-order chi connectivity index (χ0) is 16.3. The van der Waals surface area contributed by atoms with Crippen molar-refractivity contribution in [2.45, 2.75) is 37.6 Å².